The molecule has 2 aromatic heterocycles. The number of thiazole rings is 1. The fraction of sp³-hybridized carbons (Fsp3) is 0.250. The van der Waals surface area contributed by atoms with E-state index in [0.29, 0.717) is 15.6 Å². The van der Waals surface area contributed by atoms with Gasteiger partial charge in [0.25, 0.3) is 10.0 Å². The molecule has 122 valence electrons. The van der Waals surface area contributed by atoms with Gasteiger partial charge in [0.2, 0.25) is 5.13 Å². The van der Waals surface area contributed by atoms with Gasteiger partial charge < -0.3 is 0 Å². The zero-order valence-corrected chi connectivity index (χ0v) is 15.4. The number of hydrogen-bond donors (Lipinski definition) is 1. The van der Waals surface area contributed by atoms with Crippen LogP contribution in [0, 0.1) is 0 Å². The number of aryl methyl sites for hydroxylation is 1. The summed E-state index contributed by atoms with van der Waals surface area (Å²) < 4.78 is 30.2. The normalized spacial score (nSPS) is 11.9. The molecule has 7 nitrogen and oxygen atoms in total. The van der Waals surface area contributed by atoms with Crippen molar-refractivity contribution in [1.82, 2.24) is 14.8 Å². The number of hydrogen-bond acceptors (Lipinski definition) is 8. The summed E-state index contributed by atoms with van der Waals surface area (Å²) in [6, 6.07) is 4.64. The molecule has 3 aromatic rings. The number of thioether (sulfide) groups is 1. The first-order valence-electron chi connectivity index (χ1n) is 6.48. The zero-order valence-electron chi connectivity index (χ0n) is 12.1. The summed E-state index contributed by atoms with van der Waals surface area (Å²) >= 11 is 3.60. The molecule has 2 heterocycles. The number of anilines is 1. The lowest BCUT2D eigenvalue weighted by molar-refractivity contribution is 0.601. The standard InChI is InChI=1S/C12H12N4O3S4/c1-3-16-8-5-4-7(6-9(8)21-12(16)17)23(18,19)15-10-13-14-11(20-2)22-10/h4-6H,3H2,1-2H3,(H,13,15). The molecule has 0 atom stereocenters. The van der Waals surface area contributed by atoms with Gasteiger partial charge in [0, 0.05) is 6.54 Å². The predicted octanol–water partition coefficient (Wildman–Crippen LogP) is 2.46. The van der Waals surface area contributed by atoms with Gasteiger partial charge in [0.1, 0.15) is 0 Å². The van der Waals surface area contributed by atoms with Crippen molar-refractivity contribution < 1.29 is 8.42 Å². The third-order valence-electron chi connectivity index (χ3n) is 3.07. The monoisotopic (exact) mass is 388 g/mol. The Balaban J connectivity index is 1.99. The third-order valence-corrected chi connectivity index (χ3v) is 7.29. The lowest BCUT2D eigenvalue weighted by Crippen LogP contribution is -2.13. The number of nitrogens with one attached hydrogen (secondary N) is 1. The summed E-state index contributed by atoms with van der Waals surface area (Å²) in [6.45, 7) is 2.42. The number of rotatable bonds is 5. The minimum Gasteiger partial charge on any atom is -0.299 e. The summed E-state index contributed by atoms with van der Waals surface area (Å²) in [5.74, 6) is 0. The molecule has 0 saturated heterocycles. The van der Waals surface area contributed by atoms with Crippen LogP contribution in [-0.2, 0) is 16.6 Å². The quantitative estimate of drug-likeness (QED) is 0.675. The average Bonchev–Trinajstić information content (AvgIpc) is 3.08. The largest absolute Gasteiger partial charge is 0.308 e. The van der Waals surface area contributed by atoms with Crippen LogP contribution in [-0.4, -0.2) is 29.4 Å². The van der Waals surface area contributed by atoms with E-state index in [4.69, 9.17) is 0 Å². The molecule has 1 N–H and O–H groups in total. The Hall–Kier alpha value is -1.43. The van der Waals surface area contributed by atoms with Gasteiger partial charge in [-0.2, -0.15) is 0 Å². The van der Waals surface area contributed by atoms with Crippen LogP contribution in [0.5, 0.6) is 0 Å². The molecule has 11 heteroatoms. The van der Waals surface area contributed by atoms with Gasteiger partial charge in [0.15, 0.2) is 4.34 Å². The topological polar surface area (TPSA) is 94.0 Å². The van der Waals surface area contributed by atoms with Crippen molar-refractivity contribution in [3.05, 3.63) is 27.9 Å². The molecule has 0 saturated carbocycles. The Labute approximate surface area is 144 Å². The van der Waals surface area contributed by atoms with Crippen molar-refractivity contribution in [2.75, 3.05) is 11.0 Å². The van der Waals surface area contributed by atoms with Crippen LogP contribution in [0.25, 0.3) is 10.2 Å². The lowest BCUT2D eigenvalue weighted by Gasteiger charge is -2.05. The molecule has 3 rings (SSSR count). The lowest BCUT2D eigenvalue weighted by atomic mass is 10.3. The Morgan fingerprint density at radius 3 is 2.74 bits per heavy atom. The number of nitrogens with zero attached hydrogens (tertiary/aromatic N) is 3. The summed E-state index contributed by atoms with van der Waals surface area (Å²) in [5, 5.41) is 7.86. The minimum atomic E-state index is -3.77. The molecule has 1 aromatic carbocycles. The van der Waals surface area contributed by atoms with Crippen LogP contribution in [0.1, 0.15) is 6.92 Å². The fourth-order valence-corrected chi connectivity index (χ4v) is 5.52. The van der Waals surface area contributed by atoms with Gasteiger partial charge in [0.05, 0.1) is 15.1 Å². The first kappa shape index (κ1) is 16.4. The van der Waals surface area contributed by atoms with E-state index in [2.05, 4.69) is 14.9 Å². The molecule has 0 aliphatic heterocycles. The van der Waals surface area contributed by atoms with Gasteiger partial charge in [-0.3, -0.25) is 14.1 Å². The number of fused-ring (bicyclic) bond motifs is 1. The third kappa shape index (κ3) is 3.13. The van der Waals surface area contributed by atoms with E-state index in [9.17, 15) is 13.2 Å². The summed E-state index contributed by atoms with van der Waals surface area (Å²) in [4.78, 5) is 11.8. The highest BCUT2D eigenvalue weighted by atomic mass is 32.2. The highest BCUT2D eigenvalue weighted by Gasteiger charge is 2.18. The van der Waals surface area contributed by atoms with Crippen LogP contribution in [0.15, 0.2) is 32.2 Å². The van der Waals surface area contributed by atoms with Crippen molar-refractivity contribution in [2.45, 2.75) is 22.7 Å². The van der Waals surface area contributed by atoms with Gasteiger partial charge in [-0.15, -0.1) is 10.2 Å². The highest BCUT2D eigenvalue weighted by molar-refractivity contribution is 8.00. The maximum Gasteiger partial charge on any atom is 0.308 e. The van der Waals surface area contributed by atoms with Gasteiger partial charge >= 0.3 is 4.87 Å². The molecular weight excluding hydrogens is 376 g/mol. The number of benzene rings is 1. The summed E-state index contributed by atoms with van der Waals surface area (Å²) in [6.07, 6.45) is 1.84. The SMILES string of the molecule is CCn1c(=O)sc2cc(S(=O)(=O)Nc3nnc(SC)s3)ccc21. The minimum absolute atomic E-state index is 0.0930. The van der Waals surface area contributed by atoms with E-state index < -0.39 is 10.0 Å². The van der Waals surface area contributed by atoms with Crippen molar-refractivity contribution in [3.8, 4) is 0 Å². The van der Waals surface area contributed by atoms with E-state index in [1.165, 1.54) is 35.2 Å². The van der Waals surface area contributed by atoms with Crippen molar-refractivity contribution >= 4 is 59.8 Å². The fourth-order valence-electron chi connectivity index (χ4n) is 2.02. The van der Waals surface area contributed by atoms with E-state index in [1.54, 1.807) is 10.6 Å². The molecular formula is C12H12N4O3S4. The molecule has 0 spiro atoms. The van der Waals surface area contributed by atoms with Crippen molar-refractivity contribution in [1.29, 1.82) is 0 Å². The van der Waals surface area contributed by atoms with Crippen LogP contribution in [0.4, 0.5) is 5.13 Å². The van der Waals surface area contributed by atoms with Crippen LogP contribution in [0.3, 0.4) is 0 Å². The van der Waals surface area contributed by atoms with Crippen molar-refractivity contribution in [2.24, 2.45) is 0 Å². The Morgan fingerprint density at radius 1 is 1.30 bits per heavy atom. The Bertz CT molecular complexity index is 1020. The van der Waals surface area contributed by atoms with Crippen LogP contribution in [0.2, 0.25) is 0 Å². The van der Waals surface area contributed by atoms with Crippen LogP contribution >= 0.6 is 34.4 Å². The number of sulfonamides is 1. The first-order valence-corrected chi connectivity index (χ1v) is 10.8. The molecule has 0 bridgehead atoms. The maximum atomic E-state index is 12.4. The molecule has 0 fully saturated rings. The van der Waals surface area contributed by atoms with E-state index in [-0.39, 0.29) is 14.9 Å². The second-order valence-corrected chi connectivity index (χ2v) is 9.13. The molecule has 0 radical (unpaired) electrons. The predicted molar refractivity (Wildman–Crippen MR) is 94.3 cm³/mol. The second kappa shape index (κ2) is 6.23. The van der Waals surface area contributed by atoms with Gasteiger partial charge in [-0.1, -0.05) is 34.4 Å². The summed E-state index contributed by atoms with van der Waals surface area (Å²) in [7, 11) is -3.77. The molecule has 0 amide bonds. The zero-order chi connectivity index (χ0) is 16.6. The second-order valence-electron chi connectivity index (χ2n) is 4.42. The molecule has 0 aliphatic carbocycles. The first-order chi connectivity index (χ1) is 10.9. The summed E-state index contributed by atoms with van der Waals surface area (Å²) in [5.41, 5.74) is 0.738. The molecule has 23 heavy (non-hydrogen) atoms. The van der Waals surface area contributed by atoms with Gasteiger partial charge in [-0.05, 0) is 31.4 Å². The highest BCUT2D eigenvalue weighted by Crippen LogP contribution is 2.27. The van der Waals surface area contributed by atoms with E-state index >= 15 is 0 Å². The Kier molecular flexibility index (Phi) is 4.45. The smallest absolute Gasteiger partial charge is 0.299 e. The van der Waals surface area contributed by atoms with E-state index in [1.807, 2.05) is 13.2 Å². The van der Waals surface area contributed by atoms with Gasteiger partial charge in [-0.25, -0.2) is 8.42 Å². The number of aromatic nitrogens is 3. The van der Waals surface area contributed by atoms with Crippen LogP contribution < -0.4 is 9.60 Å². The average molecular weight is 389 g/mol. The van der Waals surface area contributed by atoms with E-state index in [0.717, 1.165) is 16.9 Å². The van der Waals surface area contributed by atoms with Crippen molar-refractivity contribution in [3.63, 3.8) is 0 Å². The molecule has 0 aliphatic rings. The Morgan fingerprint density at radius 2 is 2.09 bits per heavy atom. The maximum absolute atomic E-state index is 12.4. The molecule has 0 unspecified atom stereocenters.